The lowest BCUT2D eigenvalue weighted by molar-refractivity contribution is 0.0318. The second-order valence-electron chi connectivity index (χ2n) is 8.01. The largest absolute Gasteiger partial charge is 0.383 e. The molecular weight excluding hydrogens is 374 g/mol. The molecule has 3 unspecified atom stereocenters. The Morgan fingerprint density at radius 1 is 1.12 bits per heavy atom. The van der Waals surface area contributed by atoms with E-state index in [1.165, 1.54) is 11.8 Å². The second kappa shape index (κ2) is 5.94. The number of piperidine rings is 1. The summed E-state index contributed by atoms with van der Waals surface area (Å²) in [5.41, 5.74) is 2.24. The lowest BCUT2D eigenvalue weighted by Gasteiger charge is -2.58. The van der Waals surface area contributed by atoms with E-state index in [4.69, 9.17) is 4.18 Å². The molecule has 1 aromatic rings. The van der Waals surface area contributed by atoms with Gasteiger partial charge in [-0.15, -0.1) is 0 Å². The Bertz CT molecular complexity index is 940. The van der Waals surface area contributed by atoms with Gasteiger partial charge >= 0.3 is 10.1 Å². The molecule has 0 amide bonds. The van der Waals surface area contributed by atoms with Gasteiger partial charge in [0.05, 0.1) is 12.5 Å². The topological polar surface area (TPSA) is 80.8 Å². The van der Waals surface area contributed by atoms with E-state index in [2.05, 4.69) is 0 Å². The van der Waals surface area contributed by atoms with Crippen LogP contribution in [0.25, 0.3) is 0 Å². The van der Waals surface area contributed by atoms with Gasteiger partial charge in [-0.3, -0.25) is 0 Å². The molecule has 0 spiro atoms. The summed E-state index contributed by atoms with van der Waals surface area (Å²) in [5, 5.41) is 0. The van der Waals surface area contributed by atoms with Crippen LogP contribution in [0.1, 0.15) is 43.2 Å². The first-order chi connectivity index (χ1) is 12.1. The van der Waals surface area contributed by atoms with E-state index < -0.39 is 20.1 Å². The van der Waals surface area contributed by atoms with Gasteiger partial charge in [-0.25, -0.2) is 8.42 Å². The van der Waals surface area contributed by atoms with Gasteiger partial charge in [-0.05, 0) is 54.9 Å². The summed E-state index contributed by atoms with van der Waals surface area (Å²) in [6, 6.07) is 5.50. The molecule has 26 heavy (non-hydrogen) atoms. The summed E-state index contributed by atoms with van der Waals surface area (Å²) < 4.78 is 54.5. The van der Waals surface area contributed by atoms with Crippen molar-refractivity contribution < 1.29 is 21.0 Å². The molecule has 2 aliphatic carbocycles. The van der Waals surface area contributed by atoms with E-state index >= 15 is 0 Å². The standard InChI is InChI=1S/C18H25NO5S2/c1-25(20,21)19-10-9-18-8-4-3-5-15(18)17(19)11-13-6-7-14(12-16(13)18)24-26(2,22)23/h6-7,12,15,17H,3-5,8-11H2,1-2H3. The van der Waals surface area contributed by atoms with Crippen LogP contribution in [-0.4, -0.2) is 46.2 Å². The Balaban J connectivity index is 1.83. The zero-order chi connectivity index (χ0) is 18.7. The highest BCUT2D eigenvalue weighted by atomic mass is 32.2. The fraction of sp³-hybridized carbons (Fsp3) is 0.667. The van der Waals surface area contributed by atoms with Crippen LogP contribution >= 0.6 is 0 Å². The first-order valence-corrected chi connectivity index (χ1v) is 12.8. The third kappa shape index (κ3) is 2.96. The Hall–Kier alpha value is -1.12. The predicted molar refractivity (Wildman–Crippen MR) is 99.2 cm³/mol. The van der Waals surface area contributed by atoms with Gasteiger partial charge in [-0.2, -0.15) is 12.7 Å². The van der Waals surface area contributed by atoms with Gasteiger partial charge in [0.2, 0.25) is 10.0 Å². The number of rotatable bonds is 3. The molecular formula is C18H25NO5S2. The van der Waals surface area contributed by atoms with Crippen molar-refractivity contribution in [3.05, 3.63) is 29.3 Å². The average Bonchev–Trinajstić information content (AvgIpc) is 2.53. The molecule has 1 aliphatic heterocycles. The zero-order valence-corrected chi connectivity index (χ0v) is 16.8. The van der Waals surface area contributed by atoms with Crippen LogP contribution in [0.5, 0.6) is 5.75 Å². The molecule has 4 rings (SSSR count). The van der Waals surface area contributed by atoms with Crippen molar-refractivity contribution in [1.82, 2.24) is 4.31 Å². The van der Waals surface area contributed by atoms with Crippen molar-refractivity contribution in [3.8, 4) is 5.75 Å². The fourth-order valence-electron chi connectivity index (χ4n) is 5.59. The Labute approximate surface area is 155 Å². The van der Waals surface area contributed by atoms with Gasteiger partial charge in [-0.1, -0.05) is 18.9 Å². The van der Waals surface area contributed by atoms with E-state index in [9.17, 15) is 16.8 Å². The lowest BCUT2D eigenvalue weighted by atomic mass is 9.53. The normalized spacial score (nSPS) is 31.8. The molecule has 1 aromatic carbocycles. The molecule has 2 fully saturated rings. The zero-order valence-electron chi connectivity index (χ0n) is 15.1. The molecule has 8 heteroatoms. The van der Waals surface area contributed by atoms with Crippen molar-refractivity contribution in [1.29, 1.82) is 0 Å². The highest BCUT2D eigenvalue weighted by Gasteiger charge is 2.55. The van der Waals surface area contributed by atoms with Crippen LogP contribution < -0.4 is 4.18 Å². The maximum Gasteiger partial charge on any atom is 0.306 e. The van der Waals surface area contributed by atoms with Gasteiger partial charge in [0.15, 0.2) is 0 Å². The molecule has 6 nitrogen and oxygen atoms in total. The van der Waals surface area contributed by atoms with Gasteiger partial charge in [0.1, 0.15) is 5.75 Å². The highest BCUT2D eigenvalue weighted by Crippen LogP contribution is 2.56. The van der Waals surface area contributed by atoms with Crippen LogP contribution in [0.2, 0.25) is 0 Å². The van der Waals surface area contributed by atoms with E-state index in [1.807, 2.05) is 12.1 Å². The summed E-state index contributed by atoms with van der Waals surface area (Å²) >= 11 is 0. The number of nitrogens with zero attached hydrogens (tertiary/aromatic N) is 1. The summed E-state index contributed by atoms with van der Waals surface area (Å²) in [6.07, 6.45) is 8.13. The smallest absolute Gasteiger partial charge is 0.306 e. The minimum absolute atomic E-state index is 0.00762. The number of benzene rings is 1. The van der Waals surface area contributed by atoms with Crippen LogP contribution in [0, 0.1) is 5.92 Å². The number of hydrogen-bond donors (Lipinski definition) is 0. The molecule has 0 aromatic heterocycles. The average molecular weight is 400 g/mol. The number of hydrogen-bond acceptors (Lipinski definition) is 5. The Morgan fingerprint density at radius 2 is 1.88 bits per heavy atom. The van der Waals surface area contributed by atoms with Gasteiger partial charge in [0.25, 0.3) is 0 Å². The number of sulfonamides is 1. The molecule has 3 atom stereocenters. The minimum Gasteiger partial charge on any atom is -0.383 e. The molecule has 1 saturated heterocycles. The molecule has 1 saturated carbocycles. The predicted octanol–water partition coefficient (Wildman–Crippen LogP) is 2.04. The fourth-order valence-corrected chi connectivity index (χ4v) is 7.18. The molecule has 0 radical (unpaired) electrons. The molecule has 1 heterocycles. The summed E-state index contributed by atoms with van der Waals surface area (Å²) in [4.78, 5) is 0. The van der Waals surface area contributed by atoms with E-state index in [0.29, 0.717) is 24.6 Å². The highest BCUT2D eigenvalue weighted by molar-refractivity contribution is 7.88. The first-order valence-electron chi connectivity index (χ1n) is 9.10. The molecule has 2 bridgehead atoms. The Morgan fingerprint density at radius 3 is 2.58 bits per heavy atom. The second-order valence-corrected chi connectivity index (χ2v) is 11.5. The summed E-state index contributed by atoms with van der Waals surface area (Å²) in [5.74, 6) is 0.648. The van der Waals surface area contributed by atoms with E-state index in [-0.39, 0.29) is 11.5 Å². The lowest BCUT2D eigenvalue weighted by Crippen LogP contribution is -2.61. The van der Waals surface area contributed by atoms with Crippen LogP contribution in [-0.2, 0) is 32.0 Å². The Kier molecular flexibility index (Phi) is 4.17. The third-order valence-electron chi connectivity index (χ3n) is 6.43. The van der Waals surface area contributed by atoms with Crippen LogP contribution in [0.4, 0.5) is 0 Å². The van der Waals surface area contributed by atoms with Crippen LogP contribution in [0.15, 0.2) is 18.2 Å². The van der Waals surface area contributed by atoms with Crippen molar-refractivity contribution in [2.45, 2.75) is 50.0 Å². The first kappa shape index (κ1) is 18.3. The SMILES string of the molecule is CS(=O)(=O)Oc1ccc2c(c1)C13CCCCC1C(C2)N(S(C)(=O)=O)CC3. The van der Waals surface area contributed by atoms with Crippen molar-refractivity contribution in [2.24, 2.45) is 5.92 Å². The van der Waals surface area contributed by atoms with Crippen molar-refractivity contribution in [2.75, 3.05) is 19.1 Å². The quantitative estimate of drug-likeness (QED) is 0.727. The molecule has 3 aliphatic rings. The van der Waals surface area contributed by atoms with Gasteiger partial charge < -0.3 is 4.18 Å². The molecule has 144 valence electrons. The van der Waals surface area contributed by atoms with Crippen molar-refractivity contribution in [3.63, 3.8) is 0 Å². The summed E-state index contributed by atoms with van der Waals surface area (Å²) in [7, 11) is -6.81. The minimum atomic E-state index is -3.57. The maximum atomic E-state index is 12.3. The van der Waals surface area contributed by atoms with Crippen LogP contribution in [0.3, 0.4) is 0 Å². The third-order valence-corrected chi connectivity index (χ3v) is 8.23. The van der Waals surface area contributed by atoms with Crippen molar-refractivity contribution >= 4 is 20.1 Å². The van der Waals surface area contributed by atoms with Gasteiger partial charge in [0, 0.05) is 18.0 Å². The maximum absolute atomic E-state index is 12.3. The summed E-state index contributed by atoms with van der Waals surface area (Å²) in [6.45, 7) is 0.538. The van der Waals surface area contributed by atoms with E-state index in [0.717, 1.165) is 43.9 Å². The van der Waals surface area contributed by atoms with E-state index in [1.54, 1.807) is 10.4 Å². The molecule has 0 N–H and O–H groups in total. The number of fused-ring (bicyclic) bond motifs is 1. The monoisotopic (exact) mass is 399 g/mol.